The Kier molecular flexibility index (Phi) is 5.01. The monoisotopic (exact) mass is 434 g/mol. The van der Waals surface area contributed by atoms with Crippen LogP contribution in [0.4, 0.5) is 5.13 Å². The summed E-state index contributed by atoms with van der Waals surface area (Å²) in [4.78, 5) is 21.3. The second-order valence-electron chi connectivity index (χ2n) is 6.83. The number of benzene rings is 2. The van der Waals surface area contributed by atoms with E-state index in [0.29, 0.717) is 28.8 Å². The second-order valence-corrected chi connectivity index (χ2v) is 7.69. The molecule has 2 aromatic heterocycles. The predicted molar refractivity (Wildman–Crippen MR) is 116 cm³/mol. The van der Waals surface area contributed by atoms with Crippen molar-refractivity contribution in [3.8, 4) is 28.5 Å². The molecule has 0 bridgehead atoms. The summed E-state index contributed by atoms with van der Waals surface area (Å²) >= 11 is 1.36. The minimum absolute atomic E-state index is 0.226. The zero-order chi connectivity index (χ0) is 21.2. The fourth-order valence-electron chi connectivity index (χ4n) is 3.07. The van der Waals surface area contributed by atoms with Crippen molar-refractivity contribution in [1.82, 2.24) is 14.5 Å². The molecule has 0 atom stereocenters. The van der Waals surface area contributed by atoms with Crippen molar-refractivity contribution < 1.29 is 19.0 Å². The molecule has 0 radical (unpaired) electrons. The number of amides is 1. The number of nitrogens with zero attached hydrogens (tertiary/aromatic N) is 3. The first-order chi connectivity index (χ1) is 15.2. The number of carbonyl (C=O) groups excluding carboxylic acids is 1. The highest BCUT2D eigenvalue weighted by molar-refractivity contribution is 7.14. The van der Waals surface area contributed by atoms with Crippen LogP contribution >= 0.6 is 11.3 Å². The Hall–Kier alpha value is -3.85. The third kappa shape index (κ3) is 4.08. The molecule has 1 aliphatic heterocycles. The van der Waals surface area contributed by atoms with Crippen LogP contribution in [0.2, 0.25) is 0 Å². The van der Waals surface area contributed by atoms with Gasteiger partial charge < -0.3 is 18.8 Å². The van der Waals surface area contributed by atoms with Gasteiger partial charge in [-0.15, -0.1) is 11.3 Å². The molecule has 2 aromatic carbocycles. The number of anilines is 1. The van der Waals surface area contributed by atoms with Crippen LogP contribution in [0.5, 0.6) is 17.2 Å². The zero-order valence-corrected chi connectivity index (χ0v) is 17.4. The van der Waals surface area contributed by atoms with E-state index in [4.69, 9.17) is 14.2 Å². The summed E-state index contributed by atoms with van der Waals surface area (Å²) < 4.78 is 18.4. The van der Waals surface area contributed by atoms with Crippen molar-refractivity contribution >= 4 is 22.4 Å². The number of nitrogens with one attached hydrogen (secondary N) is 1. The molecular formula is C22H18N4O4S. The number of fused-ring (bicyclic) bond motifs is 1. The summed E-state index contributed by atoms with van der Waals surface area (Å²) in [6, 6.07) is 12.6. The Balaban J connectivity index is 1.22. The molecule has 9 heteroatoms. The van der Waals surface area contributed by atoms with Crippen LogP contribution in [0.25, 0.3) is 11.3 Å². The predicted octanol–water partition coefficient (Wildman–Crippen LogP) is 4.10. The van der Waals surface area contributed by atoms with Crippen molar-refractivity contribution in [2.45, 2.75) is 6.61 Å². The normalized spacial score (nSPS) is 12.0. The lowest BCUT2D eigenvalue weighted by Crippen LogP contribution is -2.11. The summed E-state index contributed by atoms with van der Waals surface area (Å²) in [6.07, 6.45) is 3.59. The van der Waals surface area contributed by atoms with E-state index in [9.17, 15) is 4.79 Å². The van der Waals surface area contributed by atoms with Crippen molar-refractivity contribution in [2.24, 2.45) is 7.05 Å². The van der Waals surface area contributed by atoms with Crippen LogP contribution in [0.15, 0.2) is 60.2 Å². The molecular weight excluding hydrogens is 416 g/mol. The summed E-state index contributed by atoms with van der Waals surface area (Å²) in [6.45, 7) is 0.584. The standard InChI is InChI=1S/C22H18N4O4S/c1-26-9-8-23-20(26)11-28-16-5-2-14(3-6-16)21(27)25-22-24-17(12-31-22)15-4-7-18-19(10-15)30-13-29-18/h2-10,12H,11,13H2,1H3,(H,24,25,27). The van der Waals surface area contributed by atoms with Crippen molar-refractivity contribution in [1.29, 1.82) is 0 Å². The lowest BCUT2D eigenvalue weighted by atomic mass is 10.1. The molecule has 31 heavy (non-hydrogen) atoms. The third-order valence-corrected chi connectivity index (χ3v) is 5.56. The SMILES string of the molecule is Cn1ccnc1COc1ccc(C(=O)Nc2nc(-c3ccc4c(c3)OCO4)cs2)cc1. The smallest absolute Gasteiger partial charge is 0.257 e. The lowest BCUT2D eigenvalue weighted by Gasteiger charge is -2.07. The quantitative estimate of drug-likeness (QED) is 0.492. The van der Waals surface area contributed by atoms with Gasteiger partial charge in [0.05, 0.1) is 5.69 Å². The summed E-state index contributed by atoms with van der Waals surface area (Å²) in [7, 11) is 1.91. The molecule has 1 aliphatic rings. The molecule has 1 N–H and O–H groups in total. The molecule has 3 heterocycles. The summed E-state index contributed by atoms with van der Waals surface area (Å²) in [5.74, 6) is 2.67. The number of thiazole rings is 1. The number of ether oxygens (including phenoxy) is 3. The van der Waals surface area contributed by atoms with Gasteiger partial charge in [0.25, 0.3) is 5.91 Å². The van der Waals surface area contributed by atoms with E-state index in [0.717, 1.165) is 22.8 Å². The van der Waals surface area contributed by atoms with Gasteiger partial charge >= 0.3 is 0 Å². The molecule has 0 aliphatic carbocycles. The molecule has 0 fully saturated rings. The molecule has 156 valence electrons. The molecule has 1 amide bonds. The van der Waals surface area contributed by atoms with Crippen molar-refractivity contribution in [2.75, 3.05) is 12.1 Å². The van der Waals surface area contributed by atoms with E-state index in [2.05, 4.69) is 15.3 Å². The molecule has 0 saturated heterocycles. The third-order valence-electron chi connectivity index (χ3n) is 4.80. The maximum absolute atomic E-state index is 12.6. The van der Waals surface area contributed by atoms with Crippen LogP contribution in [0.1, 0.15) is 16.2 Å². The first kappa shape index (κ1) is 19.1. The van der Waals surface area contributed by atoms with Gasteiger partial charge in [-0.1, -0.05) is 0 Å². The van der Waals surface area contributed by atoms with Crippen LogP contribution in [0.3, 0.4) is 0 Å². The highest BCUT2D eigenvalue weighted by Crippen LogP contribution is 2.36. The Morgan fingerprint density at radius 3 is 2.84 bits per heavy atom. The van der Waals surface area contributed by atoms with E-state index in [1.807, 2.05) is 41.4 Å². The number of carbonyl (C=O) groups is 1. The minimum atomic E-state index is -0.234. The number of aryl methyl sites for hydroxylation is 1. The molecule has 5 rings (SSSR count). The minimum Gasteiger partial charge on any atom is -0.486 e. The highest BCUT2D eigenvalue weighted by Gasteiger charge is 2.16. The largest absolute Gasteiger partial charge is 0.486 e. The number of rotatable bonds is 6. The molecule has 8 nitrogen and oxygen atoms in total. The second kappa shape index (κ2) is 8.11. The molecule has 0 spiro atoms. The van der Waals surface area contributed by atoms with E-state index in [-0.39, 0.29) is 12.7 Å². The maximum atomic E-state index is 12.6. The average Bonchev–Trinajstić information content (AvgIpc) is 3.53. The van der Waals surface area contributed by atoms with Crippen LogP contribution in [0, 0.1) is 0 Å². The fourth-order valence-corrected chi connectivity index (χ4v) is 3.79. The van der Waals surface area contributed by atoms with Gasteiger partial charge in [-0.3, -0.25) is 10.1 Å². The van der Waals surface area contributed by atoms with Gasteiger partial charge in [0.15, 0.2) is 16.6 Å². The van der Waals surface area contributed by atoms with Gasteiger partial charge in [-0.05, 0) is 42.5 Å². The van der Waals surface area contributed by atoms with Crippen LogP contribution in [-0.4, -0.2) is 27.2 Å². The number of aromatic nitrogens is 3. The van der Waals surface area contributed by atoms with E-state index in [1.165, 1.54) is 11.3 Å². The lowest BCUT2D eigenvalue weighted by molar-refractivity contribution is 0.102. The van der Waals surface area contributed by atoms with E-state index < -0.39 is 0 Å². The Labute approximate surface area is 182 Å². The summed E-state index contributed by atoms with van der Waals surface area (Å²) in [5, 5.41) is 5.25. The number of imidazole rings is 1. The van der Waals surface area contributed by atoms with Crippen molar-refractivity contribution in [3.05, 3.63) is 71.6 Å². The average molecular weight is 434 g/mol. The topological polar surface area (TPSA) is 87.5 Å². The Morgan fingerprint density at radius 2 is 2.03 bits per heavy atom. The Bertz CT molecular complexity index is 1230. The van der Waals surface area contributed by atoms with Gasteiger partial charge in [-0.25, -0.2) is 9.97 Å². The molecule has 4 aromatic rings. The number of hydrogen-bond donors (Lipinski definition) is 1. The number of hydrogen-bond acceptors (Lipinski definition) is 7. The molecule has 0 unspecified atom stereocenters. The van der Waals surface area contributed by atoms with Gasteiger partial charge in [-0.2, -0.15) is 0 Å². The van der Waals surface area contributed by atoms with E-state index in [1.54, 1.807) is 30.5 Å². The van der Waals surface area contributed by atoms with Crippen LogP contribution in [-0.2, 0) is 13.7 Å². The summed E-state index contributed by atoms with van der Waals surface area (Å²) in [5.41, 5.74) is 2.18. The fraction of sp³-hybridized carbons (Fsp3) is 0.136. The zero-order valence-electron chi connectivity index (χ0n) is 16.6. The first-order valence-electron chi connectivity index (χ1n) is 9.52. The maximum Gasteiger partial charge on any atom is 0.257 e. The van der Waals surface area contributed by atoms with Gasteiger partial charge in [0.1, 0.15) is 18.2 Å². The van der Waals surface area contributed by atoms with Gasteiger partial charge in [0.2, 0.25) is 6.79 Å². The van der Waals surface area contributed by atoms with Crippen LogP contribution < -0.4 is 19.5 Å². The first-order valence-corrected chi connectivity index (χ1v) is 10.4. The van der Waals surface area contributed by atoms with Gasteiger partial charge in [0, 0.05) is 35.9 Å². The van der Waals surface area contributed by atoms with E-state index >= 15 is 0 Å². The molecule has 0 saturated carbocycles. The Morgan fingerprint density at radius 1 is 1.19 bits per heavy atom. The van der Waals surface area contributed by atoms with Crippen molar-refractivity contribution in [3.63, 3.8) is 0 Å². The highest BCUT2D eigenvalue weighted by atomic mass is 32.1.